The fourth-order valence-electron chi connectivity index (χ4n) is 1.52. The monoisotopic (exact) mass is 185 g/mol. The highest BCUT2D eigenvalue weighted by Crippen LogP contribution is 2.06. The van der Waals surface area contributed by atoms with E-state index in [2.05, 4.69) is 33.0 Å². The molecule has 0 unspecified atom stereocenters. The van der Waals surface area contributed by atoms with Gasteiger partial charge in [0.1, 0.15) is 0 Å². The van der Waals surface area contributed by atoms with Gasteiger partial charge in [0.25, 0.3) is 0 Å². The van der Waals surface area contributed by atoms with Gasteiger partial charge in [-0.1, -0.05) is 40.5 Å². The topological polar surface area (TPSA) is 12.0 Å². The molecule has 0 aromatic carbocycles. The van der Waals surface area contributed by atoms with Gasteiger partial charge in [0.2, 0.25) is 0 Å². The Morgan fingerprint density at radius 2 is 1.69 bits per heavy atom. The van der Waals surface area contributed by atoms with Crippen molar-refractivity contribution in [2.24, 2.45) is 11.8 Å². The second-order valence-electron chi connectivity index (χ2n) is 4.42. The Balaban J connectivity index is 3.14. The van der Waals surface area contributed by atoms with Gasteiger partial charge in [-0.05, 0) is 37.8 Å². The first-order chi connectivity index (χ1) is 6.20. The van der Waals surface area contributed by atoms with E-state index in [0.717, 1.165) is 11.8 Å². The highest BCUT2D eigenvalue weighted by Gasteiger charge is 2.01. The third-order valence-electron chi connectivity index (χ3n) is 2.72. The summed E-state index contributed by atoms with van der Waals surface area (Å²) in [5.41, 5.74) is 0. The summed E-state index contributed by atoms with van der Waals surface area (Å²) in [7, 11) is 0. The molecule has 0 aliphatic rings. The van der Waals surface area contributed by atoms with Gasteiger partial charge >= 0.3 is 0 Å². The molecule has 1 nitrogen and oxygen atoms in total. The summed E-state index contributed by atoms with van der Waals surface area (Å²) in [6, 6.07) is 0. The van der Waals surface area contributed by atoms with Crippen LogP contribution in [0.25, 0.3) is 0 Å². The lowest BCUT2D eigenvalue weighted by molar-refractivity contribution is 0.437. The molecule has 13 heavy (non-hydrogen) atoms. The van der Waals surface area contributed by atoms with Gasteiger partial charge in [-0.3, -0.25) is 0 Å². The van der Waals surface area contributed by atoms with Gasteiger partial charge in [-0.15, -0.1) is 0 Å². The molecule has 80 valence electrons. The maximum atomic E-state index is 3.54. The molecule has 1 heteroatoms. The predicted molar refractivity (Wildman–Crippen MR) is 61.0 cm³/mol. The first kappa shape index (κ1) is 13.0. The minimum atomic E-state index is 0.856. The van der Waals surface area contributed by atoms with Gasteiger partial charge in [0, 0.05) is 0 Å². The molecule has 0 heterocycles. The Kier molecular flexibility index (Phi) is 8.53. The van der Waals surface area contributed by atoms with Crippen LogP contribution in [-0.4, -0.2) is 13.1 Å². The number of nitrogens with one attached hydrogen (secondary N) is 1. The van der Waals surface area contributed by atoms with Crippen LogP contribution in [0, 0.1) is 11.8 Å². The summed E-state index contributed by atoms with van der Waals surface area (Å²) >= 11 is 0. The Morgan fingerprint density at radius 1 is 1.08 bits per heavy atom. The zero-order valence-electron chi connectivity index (χ0n) is 9.90. The van der Waals surface area contributed by atoms with E-state index in [-0.39, 0.29) is 0 Å². The Labute approximate surface area is 84.3 Å². The summed E-state index contributed by atoms with van der Waals surface area (Å²) in [6.07, 6.45) is 5.31. The Bertz CT molecular complexity index is 95.3. The van der Waals surface area contributed by atoms with Crippen molar-refractivity contribution >= 4 is 0 Å². The Hall–Kier alpha value is -0.0400. The van der Waals surface area contributed by atoms with Crippen LogP contribution in [0.15, 0.2) is 0 Å². The lowest BCUT2D eigenvalue weighted by atomic mass is 10.0. The average Bonchev–Trinajstić information content (AvgIpc) is 2.11. The SMILES string of the molecule is CCC(CC)CNCCCC(C)C. The van der Waals surface area contributed by atoms with Gasteiger partial charge in [-0.25, -0.2) is 0 Å². The van der Waals surface area contributed by atoms with Crippen molar-refractivity contribution in [1.29, 1.82) is 0 Å². The summed E-state index contributed by atoms with van der Waals surface area (Å²) in [5, 5.41) is 3.54. The first-order valence-electron chi connectivity index (χ1n) is 5.91. The molecule has 0 amide bonds. The molecule has 0 spiro atoms. The number of hydrogen-bond donors (Lipinski definition) is 1. The molecule has 0 aromatic rings. The van der Waals surface area contributed by atoms with E-state index < -0.39 is 0 Å². The third-order valence-corrected chi connectivity index (χ3v) is 2.72. The molecular weight excluding hydrogens is 158 g/mol. The minimum absolute atomic E-state index is 0.856. The molecule has 0 radical (unpaired) electrons. The molecule has 0 fully saturated rings. The molecule has 0 rings (SSSR count). The van der Waals surface area contributed by atoms with Crippen molar-refractivity contribution in [2.45, 2.75) is 53.4 Å². The maximum absolute atomic E-state index is 3.54. The van der Waals surface area contributed by atoms with E-state index >= 15 is 0 Å². The van der Waals surface area contributed by atoms with Crippen molar-refractivity contribution < 1.29 is 0 Å². The van der Waals surface area contributed by atoms with Crippen LogP contribution in [0.5, 0.6) is 0 Å². The Morgan fingerprint density at radius 3 is 2.15 bits per heavy atom. The number of rotatable bonds is 8. The van der Waals surface area contributed by atoms with Crippen molar-refractivity contribution in [3.63, 3.8) is 0 Å². The fourth-order valence-corrected chi connectivity index (χ4v) is 1.52. The summed E-state index contributed by atoms with van der Waals surface area (Å²) in [5.74, 6) is 1.74. The highest BCUT2D eigenvalue weighted by molar-refractivity contribution is 4.58. The van der Waals surface area contributed by atoms with Gasteiger partial charge < -0.3 is 5.32 Å². The van der Waals surface area contributed by atoms with Gasteiger partial charge in [0.05, 0.1) is 0 Å². The maximum Gasteiger partial charge on any atom is -0.00207 e. The summed E-state index contributed by atoms with van der Waals surface area (Å²) < 4.78 is 0. The van der Waals surface area contributed by atoms with Gasteiger partial charge in [-0.2, -0.15) is 0 Å². The summed E-state index contributed by atoms with van der Waals surface area (Å²) in [6.45, 7) is 11.6. The zero-order valence-corrected chi connectivity index (χ0v) is 9.90. The molecule has 0 aliphatic carbocycles. The molecule has 0 aromatic heterocycles. The second-order valence-corrected chi connectivity index (χ2v) is 4.42. The zero-order chi connectivity index (χ0) is 10.1. The van der Waals surface area contributed by atoms with Crippen LogP contribution >= 0.6 is 0 Å². The van der Waals surface area contributed by atoms with Crippen LogP contribution in [0.3, 0.4) is 0 Å². The van der Waals surface area contributed by atoms with Crippen LogP contribution in [-0.2, 0) is 0 Å². The lowest BCUT2D eigenvalue weighted by Crippen LogP contribution is -2.23. The van der Waals surface area contributed by atoms with Crippen LogP contribution < -0.4 is 5.32 Å². The van der Waals surface area contributed by atoms with Crippen LogP contribution in [0.1, 0.15) is 53.4 Å². The van der Waals surface area contributed by atoms with E-state index in [1.165, 1.54) is 38.8 Å². The van der Waals surface area contributed by atoms with Crippen LogP contribution in [0.4, 0.5) is 0 Å². The molecular formula is C12H27N. The van der Waals surface area contributed by atoms with Crippen molar-refractivity contribution in [2.75, 3.05) is 13.1 Å². The van der Waals surface area contributed by atoms with E-state index in [9.17, 15) is 0 Å². The minimum Gasteiger partial charge on any atom is -0.316 e. The molecule has 0 bridgehead atoms. The average molecular weight is 185 g/mol. The predicted octanol–water partition coefficient (Wildman–Crippen LogP) is 3.45. The normalized spacial score (nSPS) is 11.5. The molecule has 0 saturated carbocycles. The summed E-state index contributed by atoms with van der Waals surface area (Å²) in [4.78, 5) is 0. The quantitative estimate of drug-likeness (QED) is 0.571. The molecule has 0 aliphatic heterocycles. The van der Waals surface area contributed by atoms with E-state index in [0.29, 0.717) is 0 Å². The van der Waals surface area contributed by atoms with Gasteiger partial charge in [0.15, 0.2) is 0 Å². The largest absolute Gasteiger partial charge is 0.316 e. The third kappa shape index (κ3) is 8.29. The molecule has 0 saturated heterocycles. The van der Waals surface area contributed by atoms with Crippen LogP contribution in [0.2, 0.25) is 0 Å². The van der Waals surface area contributed by atoms with Crippen molar-refractivity contribution in [3.05, 3.63) is 0 Å². The molecule has 1 N–H and O–H groups in total. The van der Waals surface area contributed by atoms with Crippen molar-refractivity contribution in [1.82, 2.24) is 5.32 Å². The van der Waals surface area contributed by atoms with E-state index in [4.69, 9.17) is 0 Å². The van der Waals surface area contributed by atoms with Crippen molar-refractivity contribution in [3.8, 4) is 0 Å². The fraction of sp³-hybridized carbons (Fsp3) is 1.00. The second kappa shape index (κ2) is 8.55. The first-order valence-corrected chi connectivity index (χ1v) is 5.91. The van der Waals surface area contributed by atoms with E-state index in [1.54, 1.807) is 0 Å². The highest BCUT2D eigenvalue weighted by atomic mass is 14.8. The molecule has 0 atom stereocenters. The van der Waals surface area contributed by atoms with E-state index in [1.807, 2.05) is 0 Å². The number of hydrogen-bond acceptors (Lipinski definition) is 1. The smallest absolute Gasteiger partial charge is 0.00207 e. The lowest BCUT2D eigenvalue weighted by Gasteiger charge is -2.13. The standard InChI is InChI=1S/C12H27N/c1-5-12(6-2)10-13-9-7-8-11(3)4/h11-13H,5-10H2,1-4H3.